The van der Waals surface area contributed by atoms with Crippen LogP contribution in [0.5, 0.6) is 0 Å². The van der Waals surface area contributed by atoms with Crippen LogP contribution in [0, 0.1) is 0 Å². The van der Waals surface area contributed by atoms with Crippen LogP contribution in [0.3, 0.4) is 0 Å². The summed E-state index contributed by atoms with van der Waals surface area (Å²) in [6.45, 7) is 6.03. The van der Waals surface area contributed by atoms with E-state index in [1.165, 1.54) is 11.1 Å². The molecule has 5 rings (SSSR count). The van der Waals surface area contributed by atoms with E-state index in [1.54, 1.807) is 13.1 Å². The van der Waals surface area contributed by atoms with Gasteiger partial charge in [0.2, 0.25) is 11.8 Å². The summed E-state index contributed by atoms with van der Waals surface area (Å²) in [6, 6.07) is 18.3. The molecule has 3 heterocycles. The van der Waals surface area contributed by atoms with E-state index in [-0.39, 0.29) is 23.9 Å². The molecule has 0 bridgehead atoms. The molecule has 2 aromatic carbocycles. The third-order valence-electron chi connectivity index (χ3n) is 6.92. The first-order valence-electron chi connectivity index (χ1n) is 12.0. The van der Waals surface area contributed by atoms with Crippen molar-refractivity contribution in [1.82, 2.24) is 14.7 Å². The number of benzene rings is 2. The summed E-state index contributed by atoms with van der Waals surface area (Å²) in [5.74, 6) is 0.137. The first-order chi connectivity index (χ1) is 16.5. The Morgan fingerprint density at radius 3 is 2.32 bits per heavy atom. The SMILES string of the molecule is CC(=O)N1c2ccccc2C[C@@H]1CN(CCn1cccn1)CC(=O)N1c2ccccc2C[C@H]1C. The maximum atomic E-state index is 13.6. The number of nitrogens with zero attached hydrogens (tertiary/aromatic N) is 5. The Morgan fingerprint density at radius 1 is 0.971 bits per heavy atom. The molecule has 7 heteroatoms. The van der Waals surface area contributed by atoms with Gasteiger partial charge >= 0.3 is 0 Å². The second-order valence-electron chi connectivity index (χ2n) is 9.33. The van der Waals surface area contributed by atoms with Gasteiger partial charge in [0, 0.05) is 49.8 Å². The van der Waals surface area contributed by atoms with Crippen LogP contribution in [0.25, 0.3) is 0 Å². The zero-order chi connectivity index (χ0) is 23.7. The predicted molar refractivity (Wildman–Crippen MR) is 133 cm³/mol. The number of carbonyl (C=O) groups is 2. The van der Waals surface area contributed by atoms with E-state index in [4.69, 9.17) is 0 Å². The molecule has 3 aromatic rings. The number of carbonyl (C=O) groups excluding carboxylic acids is 2. The second-order valence-corrected chi connectivity index (χ2v) is 9.33. The number of rotatable bonds is 7. The van der Waals surface area contributed by atoms with E-state index >= 15 is 0 Å². The molecule has 0 fully saturated rings. The van der Waals surface area contributed by atoms with Gasteiger partial charge in [-0.25, -0.2) is 0 Å². The van der Waals surface area contributed by atoms with Crippen molar-refractivity contribution in [2.45, 2.75) is 45.3 Å². The fourth-order valence-electron chi connectivity index (χ4n) is 5.46. The minimum atomic E-state index is 0.00334. The van der Waals surface area contributed by atoms with Gasteiger partial charge in [-0.05, 0) is 49.1 Å². The van der Waals surface area contributed by atoms with Gasteiger partial charge in [-0.3, -0.25) is 19.2 Å². The minimum absolute atomic E-state index is 0.00334. The normalized spacial score (nSPS) is 18.9. The van der Waals surface area contributed by atoms with Gasteiger partial charge in [0.1, 0.15) is 0 Å². The first kappa shape index (κ1) is 22.3. The van der Waals surface area contributed by atoms with Crippen molar-refractivity contribution in [2.75, 3.05) is 29.4 Å². The van der Waals surface area contributed by atoms with Crippen LogP contribution in [-0.2, 0) is 29.0 Å². The van der Waals surface area contributed by atoms with E-state index < -0.39 is 0 Å². The van der Waals surface area contributed by atoms with Crippen LogP contribution in [0.1, 0.15) is 25.0 Å². The molecule has 0 radical (unpaired) electrons. The van der Waals surface area contributed by atoms with Crippen LogP contribution >= 0.6 is 0 Å². The molecule has 2 aliphatic rings. The fraction of sp³-hybridized carbons (Fsp3) is 0.370. The molecule has 0 unspecified atom stereocenters. The number of anilines is 2. The van der Waals surface area contributed by atoms with Gasteiger partial charge in [-0.15, -0.1) is 0 Å². The number of hydrogen-bond acceptors (Lipinski definition) is 4. The van der Waals surface area contributed by atoms with Gasteiger partial charge in [-0.2, -0.15) is 5.10 Å². The van der Waals surface area contributed by atoms with E-state index in [1.807, 2.05) is 63.1 Å². The summed E-state index contributed by atoms with van der Waals surface area (Å²) in [4.78, 5) is 32.2. The zero-order valence-corrected chi connectivity index (χ0v) is 19.8. The molecule has 0 N–H and O–H groups in total. The van der Waals surface area contributed by atoms with Crippen LogP contribution in [0.4, 0.5) is 11.4 Å². The van der Waals surface area contributed by atoms with Crippen molar-refractivity contribution in [1.29, 1.82) is 0 Å². The molecular formula is C27H31N5O2. The van der Waals surface area contributed by atoms with Crippen molar-refractivity contribution < 1.29 is 9.59 Å². The Labute approximate surface area is 200 Å². The third-order valence-corrected chi connectivity index (χ3v) is 6.92. The van der Waals surface area contributed by atoms with Crippen molar-refractivity contribution >= 4 is 23.2 Å². The molecule has 0 saturated heterocycles. The van der Waals surface area contributed by atoms with Crippen LogP contribution in [-0.4, -0.2) is 58.2 Å². The molecule has 34 heavy (non-hydrogen) atoms. The third kappa shape index (κ3) is 4.35. The molecule has 0 saturated carbocycles. The van der Waals surface area contributed by atoms with E-state index in [9.17, 15) is 9.59 Å². The molecule has 0 spiro atoms. The lowest BCUT2D eigenvalue weighted by Gasteiger charge is -2.32. The molecular weight excluding hydrogens is 426 g/mol. The first-order valence-corrected chi connectivity index (χ1v) is 12.0. The van der Waals surface area contributed by atoms with Crippen LogP contribution < -0.4 is 9.80 Å². The number of fused-ring (bicyclic) bond motifs is 2. The Bertz CT molecular complexity index is 1180. The van der Waals surface area contributed by atoms with Crippen molar-refractivity contribution in [3.8, 4) is 0 Å². The van der Waals surface area contributed by atoms with Gasteiger partial charge in [-0.1, -0.05) is 36.4 Å². The average molecular weight is 458 g/mol. The predicted octanol–water partition coefficient (Wildman–Crippen LogP) is 3.14. The standard InChI is InChI=1S/C27H31N5O2/c1-20-16-22-8-3-5-10-25(22)31(20)27(34)19-29(14-15-30-13-7-12-28-30)18-24-17-23-9-4-6-11-26(23)32(24)21(2)33/h3-13,20,24H,14-19H2,1-2H3/t20-,24-/m1/s1. The topological polar surface area (TPSA) is 61.7 Å². The molecule has 1 aromatic heterocycles. The summed E-state index contributed by atoms with van der Waals surface area (Å²) in [5, 5.41) is 4.32. The molecule has 2 atom stereocenters. The number of para-hydroxylation sites is 2. The Morgan fingerprint density at radius 2 is 1.65 bits per heavy atom. The summed E-state index contributed by atoms with van der Waals surface area (Å²) < 4.78 is 1.89. The lowest BCUT2D eigenvalue weighted by atomic mass is 10.1. The highest BCUT2D eigenvalue weighted by atomic mass is 16.2. The largest absolute Gasteiger partial charge is 0.308 e. The van der Waals surface area contributed by atoms with Gasteiger partial charge in [0.25, 0.3) is 0 Å². The quantitative estimate of drug-likeness (QED) is 0.547. The number of aromatic nitrogens is 2. The van der Waals surface area contributed by atoms with Crippen molar-refractivity contribution in [3.05, 3.63) is 78.1 Å². The van der Waals surface area contributed by atoms with Crippen LogP contribution in [0.15, 0.2) is 67.0 Å². The lowest BCUT2D eigenvalue weighted by Crippen LogP contribution is -2.49. The number of hydrogen-bond donors (Lipinski definition) is 0. The molecule has 7 nitrogen and oxygen atoms in total. The van der Waals surface area contributed by atoms with E-state index in [0.29, 0.717) is 26.2 Å². The zero-order valence-electron chi connectivity index (χ0n) is 19.8. The van der Waals surface area contributed by atoms with Gasteiger partial charge in [0.15, 0.2) is 0 Å². The molecule has 2 amide bonds. The summed E-state index contributed by atoms with van der Waals surface area (Å²) in [7, 11) is 0. The highest BCUT2D eigenvalue weighted by Crippen LogP contribution is 2.34. The maximum absolute atomic E-state index is 13.6. The van der Waals surface area contributed by atoms with Gasteiger partial charge < -0.3 is 9.80 Å². The van der Waals surface area contributed by atoms with E-state index in [0.717, 1.165) is 24.2 Å². The van der Waals surface area contributed by atoms with Gasteiger partial charge in [0.05, 0.1) is 19.1 Å². The lowest BCUT2D eigenvalue weighted by molar-refractivity contribution is -0.120. The Balaban J connectivity index is 1.35. The smallest absolute Gasteiger partial charge is 0.241 e. The fourth-order valence-corrected chi connectivity index (χ4v) is 5.46. The Kier molecular flexibility index (Phi) is 6.20. The Hall–Kier alpha value is -3.45. The molecule has 2 aliphatic heterocycles. The highest BCUT2D eigenvalue weighted by molar-refractivity contribution is 5.97. The average Bonchev–Trinajstić information content (AvgIpc) is 3.53. The van der Waals surface area contributed by atoms with Crippen LogP contribution in [0.2, 0.25) is 0 Å². The van der Waals surface area contributed by atoms with Crippen molar-refractivity contribution in [3.63, 3.8) is 0 Å². The number of amides is 2. The summed E-state index contributed by atoms with van der Waals surface area (Å²) >= 11 is 0. The molecule has 176 valence electrons. The second kappa shape index (κ2) is 9.43. The molecule has 0 aliphatic carbocycles. The monoisotopic (exact) mass is 457 g/mol. The summed E-state index contributed by atoms with van der Waals surface area (Å²) in [5.41, 5.74) is 4.41. The van der Waals surface area contributed by atoms with E-state index in [2.05, 4.69) is 29.1 Å². The highest BCUT2D eigenvalue weighted by Gasteiger charge is 2.35. The van der Waals surface area contributed by atoms with Crippen molar-refractivity contribution in [2.24, 2.45) is 0 Å². The maximum Gasteiger partial charge on any atom is 0.241 e. The minimum Gasteiger partial charge on any atom is -0.308 e. The summed E-state index contributed by atoms with van der Waals surface area (Å²) in [6.07, 6.45) is 5.38.